The second-order valence-electron chi connectivity index (χ2n) is 5.03. The Morgan fingerprint density at radius 1 is 1.33 bits per heavy atom. The third kappa shape index (κ3) is 5.62. The van der Waals surface area contributed by atoms with Crippen LogP contribution in [0.15, 0.2) is 0 Å². The summed E-state index contributed by atoms with van der Waals surface area (Å²) in [6, 6.07) is 0. The van der Waals surface area contributed by atoms with Crippen LogP contribution in [0, 0.1) is 5.92 Å². The van der Waals surface area contributed by atoms with Crippen LogP contribution in [0.3, 0.4) is 0 Å². The molecule has 6 nitrogen and oxygen atoms in total. The van der Waals surface area contributed by atoms with Gasteiger partial charge in [0, 0.05) is 32.7 Å². The second-order valence-corrected chi connectivity index (χ2v) is 6.79. The van der Waals surface area contributed by atoms with Crippen LogP contribution < -0.4 is 10.0 Å². The molecule has 18 heavy (non-hydrogen) atoms. The Morgan fingerprint density at radius 2 is 1.94 bits per heavy atom. The molecule has 0 aromatic heterocycles. The lowest BCUT2D eigenvalue weighted by Crippen LogP contribution is -2.46. The standard InChI is InChI=1S/C11H25N3O3S/c1-10-3-7-14(8-4-10)18(16,17)13-6-5-12-9-11(2)15/h10-13,15H,3-9H2,1-2H3. The van der Waals surface area contributed by atoms with Gasteiger partial charge in [-0.1, -0.05) is 6.92 Å². The normalized spacial score (nSPS) is 21.1. The molecule has 0 spiro atoms. The van der Waals surface area contributed by atoms with E-state index in [0.29, 0.717) is 38.6 Å². The predicted molar refractivity (Wildman–Crippen MR) is 71.4 cm³/mol. The quantitative estimate of drug-likeness (QED) is 0.550. The van der Waals surface area contributed by atoms with Crippen LogP contribution in [0.2, 0.25) is 0 Å². The van der Waals surface area contributed by atoms with Crippen molar-refractivity contribution in [3.05, 3.63) is 0 Å². The zero-order valence-corrected chi connectivity index (χ0v) is 12.0. The van der Waals surface area contributed by atoms with Gasteiger partial charge in [0.05, 0.1) is 6.10 Å². The summed E-state index contributed by atoms with van der Waals surface area (Å²) in [7, 11) is -3.33. The highest BCUT2D eigenvalue weighted by Crippen LogP contribution is 2.17. The van der Waals surface area contributed by atoms with Crippen molar-refractivity contribution in [3.8, 4) is 0 Å². The lowest BCUT2D eigenvalue weighted by molar-refractivity contribution is 0.192. The van der Waals surface area contributed by atoms with Gasteiger partial charge in [0.15, 0.2) is 0 Å². The molecule has 0 aliphatic carbocycles. The number of hydrogen-bond acceptors (Lipinski definition) is 4. The lowest BCUT2D eigenvalue weighted by Gasteiger charge is -2.29. The summed E-state index contributed by atoms with van der Waals surface area (Å²) in [5.74, 6) is 0.615. The average Bonchev–Trinajstić information content (AvgIpc) is 2.28. The molecule has 0 radical (unpaired) electrons. The van der Waals surface area contributed by atoms with Crippen LogP contribution >= 0.6 is 0 Å². The lowest BCUT2D eigenvalue weighted by atomic mass is 10.0. The van der Waals surface area contributed by atoms with E-state index in [1.807, 2.05) is 0 Å². The third-order valence-corrected chi connectivity index (χ3v) is 4.72. The van der Waals surface area contributed by atoms with Gasteiger partial charge >= 0.3 is 0 Å². The van der Waals surface area contributed by atoms with Gasteiger partial charge in [-0.15, -0.1) is 0 Å². The molecule has 0 aromatic carbocycles. The Balaban J connectivity index is 2.23. The summed E-state index contributed by atoms with van der Waals surface area (Å²) >= 11 is 0. The zero-order valence-electron chi connectivity index (χ0n) is 11.2. The molecule has 0 bridgehead atoms. The van der Waals surface area contributed by atoms with Gasteiger partial charge in [-0.05, 0) is 25.7 Å². The molecule has 108 valence electrons. The van der Waals surface area contributed by atoms with E-state index >= 15 is 0 Å². The molecular formula is C11H25N3O3S. The van der Waals surface area contributed by atoms with Gasteiger partial charge in [0.2, 0.25) is 0 Å². The van der Waals surface area contributed by atoms with Crippen molar-refractivity contribution in [3.63, 3.8) is 0 Å². The third-order valence-electron chi connectivity index (χ3n) is 3.11. The first-order valence-electron chi connectivity index (χ1n) is 6.55. The molecular weight excluding hydrogens is 254 g/mol. The van der Waals surface area contributed by atoms with Gasteiger partial charge in [0.1, 0.15) is 0 Å². The molecule has 3 N–H and O–H groups in total. The van der Waals surface area contributed by atoms with E-state index in [2.05, 4.69) is 17.0 Å². The SMILES string of the molecule is CC(O)CNCCNS(=O)(=O)N1CCC(C)CC1. The minimum atomic E-state index is -3.33. The molecule has 0 aromatic rings. The second kappa shape index (κ2) is 7.40. The Morgan fingerprint density at radius 3 is 2.50 bits per heavy atom. The Bertz CT molecular complexity index is 324. The van der Waals surface area contributed by atoms with E-state index in [1.165, 1.54) is 4.31 Å². The number of aliphatic hydroxyl groups excluding tert-OH is 1. The summed E-state index contributed by atoms with van der Waals surface area (Å²) in [5, 5.41) is 12.0. The Labute approximate surface area is 110 Å². The summed E-state index contributed by atoms with van der Waals surface area (Å²) in [4.78, 5) is 0. The van der Waals surface area contributed by atoms with E-state index in [1.54, 1.807) is 6.92 Å². The maximum Gasteiger partial charge on any atom is 0.279 e. The van der Waals surface area contributed by atoms with Crippen molar-refractivity contribution < 1.29 is 13.5 Å². The fourth-order valence-corrected chi connectivity index (χ4v) is 3.13. The largest absolute Gasteiger partial charge is 0.392 e. The highest BCUT2D eigenvalue weighted by atomic mass is 32.2. The monoisotopic (exact) mass is 279 g/mol. The number of aliphatic hydroxyl groups is 1. The molecule has 0 amide bonds. The number of hydrogen-bond donors (Lipinski definition) is 3. The average molecular weight is 279 g/mol. The van der Waals surface area contributed by atoms with Gasteiger partial charge in [0.25, 0.3) is 10.2 Å². The molecule has 7 heteroatoms. The number of rotatable bonds is 7. The van der Waals surface area contributed by atoms with E-state index in [4.69, 9.17) is 5.11 Å². The van der Waals surface area contributed by atoms with Crippen LogP contribution in [-0.2, 0) is 10.2 Å². The zero-order chi connectivity index (χ0) is 13.6. The van der Waals surface area contributed by atoms with Gasteiger partial charge < -0.3 is 10.4 Å². The molecule has 1 unspecified atom stereocenters. The van der Waals surface area contributed by atoms with Crippen molar-refractivity contribution in [1.29, 1.82) is 0 Å². The Kier molecular flexibility index (Phi) is 6.51. The minimum Gasteiger partial charge on any atom is -0.392 e. The minimum absolute atomic E-state index is 0.348. The van der Waals surface area contributed by atoms with Gasteiger partial charge in [-0.2, -0.15) is 12.7 Å². The van der Waals surface area contributed by atoms with Crippen LogP contribution in [0.5, 0.6) is 0 Å². The first-order chi connectivity index (χ1) is 8.42. The summed E-state index contributed by atoms with van der Waals surface area (Å²) in [5.41, 5.74) is 0. The van der Waals surface area contributed by atoms with E-state index in [9.17, 15) is 8.42 Å². The van der Waals surface area contributed by atoms with Crippen molar-refractivity contribution in [2.45, 2.75) is 32.8 Å². The Hall–Kier alpha value is -0.210. The molecule has 1 aliphatic rings. The van der Waals surface area contributed by atoms with Crippen molar-refractivity contribution >= 4 is 10.2 Å². The van der Waals surface area contributed by atoms with Crippen molar-refractivity contribution in [2.75, 3.05) is 32.7 Å². The smallest absolute Gasteiger partial charge is 0.279 e. The molecule has 1 fully saturated rings. The maximum atomic E-state index is 11.9. The fraction of sp³-hybridized carbons (Fsp3) is 1.00. The van der Waals surface area contributed by atoms with Crippen LogP contribution in [0.25, 0.3) is 0 Å². The van der Waals surface area contributed by atoms with Crippen LogP contribution in [-0.4, -0.2) is 56.7 Å². The van der Waals surface area contributed by atoms with E-state index in [-0.39, 0.29) is 0 Å². The van der Waals surface area contributed by atoms with Gasteiger partial charge in [-0.25, -0.2) is 4.72 Å². The van der Waals surface area contributed by atoms with Crippen molar-refractivity contribution in [2.24, 2.45) is 5.92 Å². The van der Waals surface area contributed by atoms with E-state index < -0.39 is 16.3 Å². The molecule has 1 saturated heterocycles. The summed E-state index contributed by atoms with van der Waals surface area (Å²) in [6.45, 7) is 6.40. The van der Waals surface area contributed by atoms with Gasteiger partial charge in [-0.3, -0.25) is 0 Å². The fourth-order valence-electron chi connectivity index (χ4n) is 1.90. The first kappa shape index (κ1) is 15.8. The number of nitrogens with zero attached hydrogens (tertiary/aromatic N) is 1. The molecule has 0 saturated carbocycles. The topological polar surface area (TPSA) is 81.7 Å². The maximum absolute atomic E-state index is 11.9. The van der Waals surface area contributed by atoms with Crippen molar-refractivity contribution in [1.82, 2.24) is 14.3 Å². The predicted octanol–water partition coefficient (Wildman–Crippen LogP) is -0.477. The summed E-state index contributed by atoms with van der Waals surface area (Å²) < 4.78 is 27.9. The molecule has 1 heterocycles. The van der Waals surface area contributed by atoms with E-state index in [0.717, 1.165) is 12.8 Å². The van der Waals surface area contributed by atoms with Crippen LogP contribution in [0.4, 0.5) is 0 Å². The van der Waals surface area contributed by atoms with Crippen LogP contribution in [0.1, 0.15) is 26.7 Å². The molecule has 1 rings (SSSR count). The number of nitrogens with one attached hydrogen (secondary N) is 2. The first-order valence-corrected chi connectivity index (χ1v) is 7.99. The highest BCUT2D eigenvalue weighted by molar-refractivity contribution is 7.87. The molecule has 1 atom stereocenters. The molecule has 1 aliphatic heterocycles. The highest BCUT2D eigenvalue weighted by Gasteiger charge is 2.25. The number of piperidine rings is 1. The summed E-state index contributed by atoms with van der Waals surface area (Å²) in [6.07, 6.45) is 1.45.